The lowest BCUT2D eigenvalue weighted by Crippen LogP contribution is -2.39. The number of rotatable bonds is 4. The van der Waals surface area contributed by atoms with Crippen LogP contribution in [0, 0.1) is 5.92 Å². The number of aromatic nitrogens is 1. The molecule has 1 fully saturated rings. The fourth-order valence-corrected chi connectivity index (χ4v) is 3.91. The Morgan fingerprint density at radius 2 is 1.69 bits per heavy atom. The van der Waals surface area contributed by atoms with E-state index in [9.17, 15) is 15.0 Å². The molecule has 29 heavy (non-hydrogen) atoms. The maximum absolute atomic E-state index is 13.0. The second-order valence-corrected chi connectivity index (χ2v) is 7.46. The number of amides is 1. The minimum absolute atomic E-state index is 0.00206. The highest BCUT2D eigenvalue weighted by Crippen LogP contribution is 2.30. The third kappa shape index (κ3) is 4.30. The number of hydrogen-bond acceptors (Lipinski definition) is 4. The van der Waals surface area contributed by atoms with Gasteiger partial charge >= 0.3 is 0 Å². The Bertz CT molecular complexity index is 982. The van der Waals surface area contributed by atoms with Crippen molar-refractivity contribution in [1.82, 2.24) is 9.88 Å². The third-order valence-electron chi connectivity index (χ3n) is 5.55. The summed E-state index contributed by atoms with van der Waals surface area (Å²) >= 11 is 0. The molecular formula is C24H24N2O3. The molecule has 2 heterocycles. The van der Waals surface area contributed by atoms with Crippen LogP contribution in [0.15, 0.2) is 72.9 Å². The second-order valence-electron chi connectivity index (χ2n) is 7.46. The van der Waals surface area contributed by atoms with Crippen LogP contribution < -0.4 is 0 Å². The highest BCUT2D eigenvalue weighted by Gasteiger charge is 2.29. The molecule has 0 radical (unpaired) electrons. The molecule has 0 saturated carbocycles. The lowest BCUT2D eigenvalue weighted by atomic mass is 9.89. The Morgan fingerprint density at radius 1 is 0.966 bits per heavy atom. The predicted octanol–water partition coefficient (Wildman–Crippen LogP) is 4.04. The minimum Gasteiger partial charge on any atom is -0.508 e. The smallest absolute Gasteiger partial charge is 0.253 e. The molecular weight excluding hydrogens is 364 g/mol. The average Bonchev–Trinajstić information content (AvgIpc) is 2.79. The van der Waals surface area contributed by atoms with E-state index in [4.69, 9.17) is 0 Å². The molecule has 0 bridgehead atoms. The maximum atomic E-state index is 13.0. The number of aliphatic hydroxyl groups excluding tert-OH is 1. The summed E-state index contributed by atoms with van der Waals surface area (Å²) in [7, 11) is 0. The van der Waals surface area contributed by atoms with Gasteiger partial charge in [0.05, 0.1) is 11.8 Å². The van der Waals surface area contributed by atoms with E-state index in [1.54, 1.807) is 24.4 Å². The van der Waals surface area contributed by atoms with Gasteiger partial charge in [-0.1, -0.05) is 30.3 Å². The molecule has 1 aliphatic rings. The van der Waals surface area contributed by atoms with Gasteiger partial charge in [0, 0.05) is 24.8 Å². The van der Waals surface area contributed by atoms with Crippen LogP contribution in [0.5, 0.6) is 5.75 Å². The van der Waals surface area contributed by atoms with Gasteiger partial charge < -0.3 is 15.1 Å². The number of aliphatic hydroxyl groups is 1. The van der Waals surface area contributed by atoms with E-state index in [1.165, 1.54) is 0 Å². The van der Waals surface area contributed by atoms with Crippen molar-refractivity contribution in [2.24, 2.45) is 5.92 Å². The molecule has 1 unspecified atom stereocenters. The van der Waals surface area contributed by atoms with Crippen LogP contribution in [-0.4, -0.2) is 39.1 Å². The molecule has 3 aromatic rings. The van der Waals surface area contributed by atoms with Crippen LogP contribution in [0.2, 0.25) is 0 Å². The van der Waals surface area contributed by atoms with E-state index in [-0.39, 0.29) is 17.6 Å². The molecule has 1 aromatic heterocycles. The Labute approximate surface area is 170 Å². The lowest BCUT2D eigenvalue weighted by molar-refractivity contribution is 0.0447. The molecule has 148 valence electrons. The Morgan fingerprint density at radius 3 is 2.38 bits per heavy atom. The fraction of sp³-hybridized carbons (Fsp3) is 0.250. The van der Waals surface area contributed by atoms with Gasteiger partial charge in [-0.3, -0.25) is 9.78 Å². The average molecular weight is 388 g/mol. The highest BCUT2D eigenvalue weighted by atomic mass is 16.3. The van der Waals surface area contributed by atoms with E-state index >= 15 is 0 Å². The van der Waals surface area contributed by atoms with Gasteiger partial charge in [0.25, 0.3) is 5.91 Å². The zero-order valence-corrected chi connectivity index (χ0v) is 16.1. The molecule has 1 saturated heterocycles. The number of piperidine rings is 1. The molecule has 2 N–H and O–H groups in total. The van der Waals surface area contributed by atoms with Crippen LogP contribution in [0.25, 0.3) is 11.1 Å². The zero-order valence-electron chi connectivity index (χ0n) is 16.1. The van der Waals surface area contributed by atoms with E-state index in [0.717, 1.165) is 24.0 Å². The van der Waals surface area contributed by atoms with Gasteiger partial charge in [-0.25, -0.2) is 0 Å². The van der Waals surface area contributed by atoms with Crippen molar-refractivity contribution >= 4 is 5.91 Å². The molecule has 5 nitrogen and oxygen atoms in total. The number of hydrogen-bond donors (Lipinski definition) is 2. The first-order valence-corrected chi connectivity index (χ1v) is 9.89. The van der Waals surface area contributed by atoms with Crippen molar-refractivity contribution in [3.8, 4) is 16.9 Å². The number of carbonyl (C=O) groups is 1. The number of nitrogens with zero attached hydrogens (tertiary/aromatic N) is 2. The van der Waals surface area contributed by atoms with E-state index in [1.807, 2.05) is 53.4 Å². The van der Waals surface area contributed by atoms with Gasteiger partial charge in [-0.15, -0.1) is 0 Å². The quantitative estimate of drug-likeness (QED) is 0.707. The van der Waals surface area contributed by atoms with E-state index in [2.05, 4.69) is 4.98 Å². The SMILES string of the molecule is O=C(c1cccc(-c2cccc(O)c2)c1)N1CCC(C(O)c2ccccn2)CC1. The van der Waals surface area contributed by atoms with Gasteiger partial charge in [-0.2, -0.15) is 0 Å². The molecule has 1 aliphatic heterocycles. The van der Waals surface area contributed by atoms with Gasteiger partial charge in [-0.05, 0) is 66.3 Å². The number of carbonyl (C=O) groups excluding carboxylic acids is 1. The molecule has 5 heteroatoms. The maximum Gasteiger partial charge on any atom is 0.253 e. The Balaban J connectivity index is 1.43. The van der Waals surface area contributed by atoms with Crippen molar-refractivity contribution in [2.45, 2.75) is 18.9 Å². The highest BCUT2D eigenvalue weighted by molar-refractivity contribution is 5.95. The molecule has 4 rings (SSSR count). The predicted molar refractivity (Wildman–Crippen MR) is 111 cm³/mol. The molecule has 1 amide bonds. The summed E-state index contributed by atoms with van der Waals surface area (Å²) in [4.78, 5) is 19.1. The standard InChI is InChI=1S/C24H24N2O3/c27-21-8-4-6-19(16-21)18-5-3-7-20(15-18)24(29)26-13-10-17(11-14-26)23(28)22-9-1-2-12-25-22/h1-9,12,15-17,23,27-28H,10-11,13-14H2. The van der Waals surface area contributed by atoms with Crippen molar-refractivity contribution in [3.05, 3.63) is 84.2 Å². The largest absolute Gasteiger partial charge is 0.508 e. The first kappa shape index (κ1) is 19.2. The number of pyridine rings is 1. The third-order valence-corrected chi connectivity index (χ3v) is 5.55. The van der Waals surface area contributed by atoms with Crippen molar-refractivity contribution < 1.29 is 15.0 Å². The van der Waals surface area contributed by atoms with Crippen molar-refractivity contribution in [1.29, 1.82) is 0 Å². The Kier molecular flexibility index (Phi) is 5.58. The van der Waals surface area contributed by atoms with Gasteiger partial charge in [0.2, 0.25) is 0 Å². The summed E-state index contributed by atoms with van der Waals surface area (Å²) in [5.74, 6) is 0.304. The molecule has 2 aromatic carbocycles. The fourth-order valence-electron chi connectivity index (χ4n) is 3.91. The summed E-state index contributed by atoms with van der Waals surface area (Å²) in [5, 5.41) is 20.3. The molecule has 0 spiro atoms. The van der Waals surface area contributed by atoms with Crippen LogP contribution in [0.4, 0.5) is 0 Å². The van der Waals surface area contributed by atoms with Crippen LogP contribution in [0.1, 0.15) is 35.0 Å². The van der Waals surface area contributed by atoms with E-state index < -0.39 is 6.10 Å². The number of phenolic OH excluding ortho intramolecular Hbond substituents is 1. The zero-order chi connectivity index (χ0) is 20.2. The number of benzene rings is 2. The van der Waals surface area contributed by atoms with Gasteiger partial charge in [0.1, 0.15) is 5.75 Å². The lowest BCUT2D eigenvalue weighted by Gasteiger charge is -2.34. The summed E-state index contributed by atoms with van der Waals surface area (Å²) in [6.45, 7) is 1.23. The molecule has 0 aliphatic carbocycles. The second kappa shape index (κ2) is 8.45. The normalized spacial score (nSPS) is 15.8. The van der Waals surface area contributed by atoms with Crippen molar-refractivity contribution in [2.75, 3.05) is 13.1 Å². The van der Waals surface area contributed by atoms with E-state index in [0.29, 0.717) is 24.3 Å². The number of phenols is 1. The van der Waals surface area contributed by atoms with Crippen LogP contribution in [-0.2, 0) is 0 Å². The monoisotopic (exact) mass is 388 g/mol. The summed E-state index contributed by atoms with van der Waals surface area (Å²) in [6.07, 6.45) is 2.59. The summed E-state index contributed by atoms with van der Waals surface area (Å²) in [6, 6.07) is 20.1. The number of aromatic hydroxyl groups is 1. The first-order chi connectivity index (χ1) is 14.1. The molecule has 1 atom stereocenters. The number of likely N-dealkylation sites (tertiary alicyclic amines) is 1. The van der Waals surface area contributed by atoms with Crippen molar-refractivity contribution in [3.63, 3.8) is 0 Å². The first-order valence-electron chi connectivity index (χ1n) is 9.89. The van der Waals surface area contributed by atoms with Gasteiger partial charge in [0.15, 0.2) is 0 Å². The van der Waals surface area contributed by atoms with Crippen LogP contribution in [0.3, 0.4) is 0 Å². The Hall–Kier alpha value is -3.18. The van der Waals surface area contributed by atoms with Crippen LogP contribution >= 0.6 is 0 Å². The summed E-state index contributed by atoms with van der Waals surface area (Å²) in [5.41, 5.74) is 3.09. The minimum atomic E-state index is -0.595. The topological polar surface area (TPSA) is 73.7 Å². The summed E-state index contributed by atoms with van der Waals surface area (Å²) < 4.78 is 0.